The molecule has 1 N–H and O–H groups in total. The minimum Gasteiger partial charge on any atom is -0.339 e. The fourth-order valence-corrected chi connectivity index (χ4v) is 3.35. The first-order chi connectivity index (χ1) is 13.5. The summed E-state index contributed by atoms with van der Waals surface area (Å²) in [4.78, 5) is 40.4. The number of hydrogen-bond donors (Lipinski definition) is 1. The maximum atomic E-state index is 12.8. The zero-order valence-corrected chi connectivity index (χ0v) is 16.3. The van der Waals surface area contributed by atoms with E-state index in [2.05, 4.69) is 5.32 Å². The molecule has 3 amide bonds. The molecule has 1 fully saturated rings. The number of carbonyl (C=O) groups is 3. The van der Waals surface area contributed by atoms with Gasteiger partial charge >= 0.3 is 0 Å². The van der Waals surface area contributed by atoms with Crippen LogP contribution >= 0.6 is 0 Å². The van der Waals surface area contributed by atoms with Crippen molar-refractivity contribution in [2.45, 2.75) is 20.3 Å². The zero-order valence-electron chi connectivity index (χ0n) is 16.3. The van der Waals surface area contributed by atoms with Crippen molar-refractivity contribution in [3.8, 4) is 0 Å². The van der Waals surface area contributed by atoms with Crippen LogP contribution < -0.4 is 5.32 Å². The van der Waals surface area contributed by atoms with Crippen LogP contribution in [0, 0.1) is 0 Å². The summed E-state index contributed by atoms with van der Waals surface area (Å²) in [7, 11) is 0. The van der Waals surface area contributed by atoms with Crippen LogP contribution in [0.15, 0.2) is 48.5 Å². The van der Waals surface area contributed by atoms with E-state index in [1.807, 2.05) is 31.2 Å². The highest BCUT2D eigenvalue weighted by Crippen LogP contribution is 2.18. The lowest BCUT2D eigenvalue weighted by molar-refractivity contribution is -0.130. The molecule has 6 heteroatoms. The number of benzene rings is 2. The van der Waals surface area contributed by atoms with Gasteiger partial charge in [0.1, 0.15) is 0 Å². The van der Waals surface area contributed by atoms with Gasteiger partial charge in [-0.2, -0.15) is 0 Å². The van der Waals surface area contributed by atoms with Gasteiger partial charge in [-0.1, -0.05) is 31.2 Å². The van der Waals surface area contributed by atoms with Gasteiger partial charge in [0.05, 0.1) is 0 Å². The van der Waals surface area contributed by atoms with Gasteiger partial charge in [0.15, 0.2) is 0 Å². The van der Waals surface area contributed by atoms with Crippen molar-refractivity contribution in [1.82, 2.24) is 9.80 Å². The highest BCUT2D eigenvalue weighted by molar-refractivity contribution is 6.06. The molecule has 6 nitrogen and oxygen atoms in total. The van der Waals surface area contributed by atoms with E-state index in [0.717, 1.165) is 17.7 Å². The lowest BCUT2D eigenvalue weighted by Gasteiger charge is -2.34. The fourth-order valence-electron chi connectivity index (χ4n) is 3.35. The first kappa shape index (κ1) is 19.6. The summed E-state index contributed by atoms with van der Waals surface area (Å²) in [6.45, 7) is 5.65. The summed E-state index contributed by atoms with van der Waals surface area (Å²) in [5.41, 5.74) is 2.77. The van der Waals surface area contributed by atoms with Crippen LogP contribution in [-0.4, -0.2) is 53.7 Å². The average molecular weight is 379 g/mol. The van der Waals surface area contributed by atoms with Crippen molar-refractivity contribution in [2.75, 3.05) is 31.5 Å². The quantitative estimate of drug-likeness (QED) is 0.888. The molecule has 2 aromatic carbocycles. The summed E-state index contributed by atoms with van der Waals surface area (Å²) in [6, 6.07) is 14.5. The topological polar surface area (TPSA) is 69.7 Å². The molecular formula is C22H25N3O3. The second-order valence-corrected chi connectivity index (χ2v) is 6.84. The molecule has 0 bridgehead atoms. The Kier molecular flexibility index (Phi) is 6.09. The molecule has 1 aliphatic rings. The SMILES string of the molecule is CCc1ccccc1NC(=O)c1cccc(C(=O)N2CCN(C(C)=O)CC2)c1. The fraction of sp³-hybridized carbons (Fsp3) is 0.318. The second kappa shape index (κ2) is 8.69. The van der Waals surface area contributed by atoms with E-state index in [9.17, 15) is 14.4 Å². The number of nitrogens with zero attached hydrogens (tertiary/aromatic N) is 2. The third kappa shape index (κ3) is 4.39. The van der Waals surface area contributed by atoms with Gasteiger partial charge in [-0.25, -0.2) is 0 Å². The Labute approximate surface area is 165 Å². The van der Waals surface area contributed by atoms with Gasteiger partial charge in [0, 0.05) is 49.9 Å². The van der Waals surface area contributed by atoms with Gasteiger partial charge in [-0.3, -0.25) is 14.4 Å². The molecule has 146 valence electrons. The first-order valence-corrected chi connectivity index (χ1v) is 9.53. The molecule has 0 atom stereocenters. The molecule has 28 heavy (non-hydrogen) atoms. The number of aryl methyl sites for hydroxylation is 1. The minimum atomic E-state index is -0.239. The van der Waals surface area contributed by atoms with E-state index in [1.165, 1.54) is 6.92 Å². The minimum absolute atomic E-state index is 0.0260. The number of carbonyl (C=O) groups excluding carboxylic acids is 3. The number of nitrogens with one attached hydrogen (secondary N) is 1. The summed E-state index contributed by atoms with van der Waals surface area (Å²) in [5, 5.41) is 2.93. The van der Waals surface area contributed by atoms with Crippen molar-refractivity contribution in [2.24, 2.45) is 0 Å². The maximum Gasteiger partial charge on any atom is 0.255 e. The highest BCUT2D eigenvalue weighted by Gasteiger charge is 2.23. The van der Waals surface area contributed by atoms with Crippen LogP contribution in [0.2, 0.25) is 0 Å². The standard InChI is InChI=1S/C22H25N3O3/c1-3-17-7-4-5-10-20(17)23-21(27)18-8-6-9-19(15-18)22(28)25-13-11-24(12-14-25)16(2)26/h4-10,15H,3,11-14H2,1-2H3,(H,23,27). The largest absolute Gasteiger partial charge is 0.339 e. The van der Waals surface area contributed by atoms with Crippen LogP contribution in [0.5, 0.6) is 0 Å². The molecule has 1 aliphatic heterocycles. The molecule has 0 saturated carbocycles. The smallest absolute Gasteiger partial charge is 0.255 e. The molecular weight excluding hydrogens is 354 g/mol. The lowest BCUT2D eigenvalue weighted by atomic mass is 10.1. The number of hydrogen-bond acceptors (Lipinski definition) is 3. The highest BCUT2D eigenvalue weighted by atomic mass is 16.2. The number of amides is 3. The molecule has 0 spiro atoms. The Hall–Kier alpha value is -3.15. The third-order valence-corrected chi connectivity index (χ3v) is 5.03. The van der Waals surface area contributed by atoms with Gasteiger partial charge in [0.2, 0.25) is 5.91 Å². The van der Waals surface area contributed by atoms with Crippen molar-refractivity contribution in [1.29, 1.82) is 0 Å². The van der Waals surface area contributed by atoms with Crippen LogP contribution in [0.3, 0.4) is 0 Å². The molecule has 0 aromatic heterocycles. The summed E-state index contributed by atoms with van der Waals surface area (Å²) in [5.74, 6) is -0.332. The molecule has 1 heterocycles. The Balaban J connectivity index is 1.70. The molecule has 0 radical (unpaired) electrons. The van der Waals surface area contributed by atoms with Crippen LogP contribution in [0.1, 0.15) is 40.1 Å². The van der Waals surface area contributed by atoms with Crippen molar-refractivity contribution in [3.63, 3.8) is 0 Å². The summed E-state index contributed by atoms with van der Waals surface area (Å²) < 4.78 is 0. The van der Waals surface area contributed by atoms with Crippen LogP contribution in [0.4, 0.5) is 5.69 Å². The van der Waals surface area contributed by atoms with Crippen LogP contribution in [-0.2, 0) is 11.2 Å². The predicted octanol–water partition coefficient (Wildman–Crippen LogP) is 2.81. The molecule has 1 saturated heterocycles. The number of rotatable bonds is 4. The second-order valence-electron chi connectivity index (χ2n) is 6.84. The monoisotopic (exact) mass is 379 g/mol. The Morgan fingerprint density at radius 1 is 0.893 bits per heavy atom. The van der Waals surface area contributed by atoms with E-state index in [-0.39, 0.29) is 17.7 Å². The maximum absolute atomic E-state index is 12.8. The first-order valence-electron chi connectivity index (χ1n) is 9.53. The third-order valence-electron chi connectivity index (χ3n) is 5.03. The summed E-state index contributed by atoms with van der Waals surface area (Å²) in [6.07, 6.45) is 0.821. The molecule has 2 aromatic rings. The molecule has 0 aliphatic carbocycles. The Morgan fingerprint density at radius 3 is 2.21 bits per heavy atom. The molecule has 3 rings (SSSR count). The van der Waals surface area contributed by atoms with Crippen molar-refractivity contribution in [3.05, 3.63) is 65.2 Å². The Bertz CT molecular complexity index is 886. The number of para-hydroxylation sites is 1. The van der Waals surface area contributed by atoms with Crippen molar-refractivity contribution >= 4 is 23.4 Å². The van der Waals surface area contributed by atoms with E-state index < -0.39 is 0 Å². The van der Waals surface area contributed by atoms with Crippen LogP contribution in [0.25, 0.3) is 0 Å². The number of piperazine rings is 1. The van der Waals surface area contributed by atoms with E-state index in [0.29, 0.717) is 37.3 Å². The normalized spacial score (nSPS) is 13.9. The van der Waals surface area contributed by atoms with Gasteiger partial charge in [-0.05, 0) is 36.2 Å². The van der Waals surface area contributed by atoms with E-state index in [4.69, 9.17) is 0 Å². The van der Waals surface area contributed by atoms with Gasteiger partial charge in [-0.15, -0.1) is 0 Å². The number of anilines is 1. The lowest BCUT2D eigenvalue weighted by Crippen LogP contribution is -2.50. The molecule has 0 unspecified atom stereocenters. The zero-order chi connectivity index (χ0) is 20.1. The van der Waals surface area contributed by atoms with E-state index in [1.54, 1.807) is 34.1 Å². The van der Waals surface area contributed by atoms with Gasteiger partial charge in [0.25, 0.3) is 11.8 Å². The summed E-state index contributed by atoms with van der Waals surface area (Å²) >= 11 is 0. The average Bonchev–Trinajstić information content (AvgIpc) is 2.73. The predicted molar refractivity (Wildman–Crippen MR) is 108 cm³/mol. The van der Waals surface area contributed by atoms with Crippen molar-refractivity contribution < 1.29 is 14.4 Å². The Morgan fingerprint density at radius 2 is 1.54 bits per heavy atom. The van der Waals surface area contributed by atoms with E-state index >= 15 is 0 Å². The van der Waals surface area contributed by atoms with Gasteiger partial charge < -0.3 is 15.1 Å².